The summed E-state index contributed by atoms with van der Waals surface area (Å²) in [7, 11) is 1.41. The van der Waals surface area contributed by atoms with Crippen LogP contribution in [0.2, 0.25) is 0 Å². The van der Waals surface area contributed by atoms with E-state index >= 15 is 0 Å². The van der Waals surface area contributed by atoms with Crippen molar-refractivity contribution in [2.24, 2.45) is 0 Å². The van der Waals surface area contributed by atoms with Gasteiger partial charge < -0.3 is 10.5 Å². The molecule has 20 heavy (non-hydrogen) atoms. The van der Waals surface area contributed by atoms with Crippen molar-refractivity contribution in [3.63, 3.8) is 0 Å². The largest absolute Gasteiger partial charge is 0.468 e. The van der Waals surface area contributed by atoms with E-state index in [9.17, 15) is 4.79 Å². The number of methoxy groups -OCH3 is 1. The molecule has 2 rings (SSSR count). The van der Waals surface area contributed by atoms with Gasteiger partial charge in [0.1, 0.15) is 5.25 Å². The predicted molar refractivity (Wildman–Crippen MR) is 82.7 cm³/mol. The van der Waals surface area contributed by atoms with Crippen LogP contribution in [0, 0.1) is 0 Å². The van der Waals surface area contributed by atoms with Crippen molar-refractivity contribution in [1.82, 2.24) is 0 Å². The van der Waals surface area contributed by atoms with Crippen LogP contribution in [0.15, 0.2) is 59.5 Å². The first-order chi connectivity index (χ1) is 9.70. The topological polar surface area (TPSA) is 52.3 Å². The van der Waals surface area contributed by atoms with Crippen molar-refractivity contribution in [2.45, 2.75) is 16.6 Å². The Kier molecular flexibility index (Phi) is 5.07. The van der Waals surface area contributed by atoms with Crippen LogP contribution < -0.4 is 5.73 Å². The molecule has 0 amide bonds. The molecule has 0 aliphatic carbocycles. The van der Waals surface area contributed by atoms with Crippen LogP contribution in [0.1, 0.15) is 5.56 Å². The van der Waals surface area contributed by atoms with Gasteiger partial charge in [0.2, 0.25) is 0 Å². The molecule has 0 bridgehead atoms. The lowest BCUT2D eigenvalue weighted by molar-refractivity contribution is -0.139. The van der Waals surface area contributed by atoms with Gasteiger partial charge in [-0.1, -0.05) is 42.5 Å². The molecule has 0 saturated carbocycles. The molecule has 0 saturated heterocycles. The zero-order chi connectivity index (χ0) is 14.4. The van der Waals surface area contributed by atoms with Crippen LogP contribution in [-0.2, 0) is 16.0 Å². The van der Waals surface area contributed by atoms with E-state index in [4.69, 9.17) is 10.5 Å². The van der Waals surface area contributed by atoms with Gasteiger partial charge in [0.15, 0.2) is 0 Å². The summed E-state index contributed by atoms with van der Waals surface area (Å²) in [5, 5.41) is -0.299. The van der Waals surface area contributed by atoms with Gasteiger partial charge in [0, 0.05) is 10.6 Å². The number of anilines is 1. The van der Waals surface area contributed by atoms with Crippen LogP contribution in [0.25, 0.3) is 0 Å². The van der Waals surface area contributed by atoms with Crippen LogP contribution >= 0.6 is 11.8 Å². The second kappa shape index (κ2) is 7.01. The summed E-state index contributed by atoms with van der Waals surface area (Å²) >= 11 is 1.44. The number of esters is 1. The third-order valence-corrected chi connectivity index (χ3v) is 4.19. The van der Waals surface area contributed by atoms with Gasteiger partial charge in [0.05, 0.1) is 7.11 Å². The summed E-state index contributed by atoms with van der Waals surface area (Å²) < 4.78 is 4.90. The lowest BCUT2D eigenvalue weighted by Gasteiger charge is -2.15. The number of nitrogens with two attached hydrogens (primary N) is 1. The number of thioether (sulfide) groups is 1. The molecule has 1 atom stereocenters. The summed E-state index contributed by atoms with van der Waals surface area (Å²) in [5.74, 6) is -0.234. The Bertz CT molecular complexity index is 572. The number of rotatable bonds is 5. The fourth-order valence-corrected chi connectivity index (χ4v) is 3.01. The van der Waals surface area contributed by atoms with Gasteiger partial charge in [-0.15, -0.1) is 11.8 Å². The highest BCUT2D eigenvalue weighted by Crippen LogP contribution is 2.30. The van der Waals surface area contributed by atoms with Crippen molar-refractivity contribution in [2.75, 3.05) is 12.8 Å². The lowest BCUT2D eigenvalue weighted by Crippen LogP contribution is -2.21. The number of ether oxygens (including phenoxy) is 1. The van der Waals surface area contributed by atoms with Crippen molar-refractivity contribution in [1.29, 1.82) is 0 Å². The molecule has 4 heteroatoms. The van der Waals surface area contributed by atoms with Crippen molar-refractivity contribution < 1.29 is 9.53 Å². The molecule has 104 valence electrons. The van der Waals surface area contributed by atoms with Gasteiger partial charge in [-0.25, -0.2) is 0 Å². The first kappa shape index (κ1) is 14.5. The Hall–Kier alpha value is -1.94. The number of carbonyl (C=O) groups excluding carboxylic acids is 1. The molecule has 0 radical (unpaired) electrons. The zero-order valence-electron chi connectivity index (χ0n) is 11.3. The third-order valence-electron chi connectivity index (χ3n) is 2.92. The normalized spacial score (nSPS) is 11.8. The first-order valence-corrected chi connectivity index (χ1v) is 7.21. The molecular weight excluding hydrogens is 270 g/mol. The van der Waals surface area contributed by atoms with Crippen LogP contribution in [-0.4, -0.2) is 18.3 Å². The van der Waals surface area contributed by atoms with Crippen LogP contribution in [0.5, 0.6) is 0 Å². The monoisotopic (exact) mass is 287 g/mol. The predicted octanol–water partition coefficient (Wildman–Crippen LogP) is 3.15. The molecule has 0 spiro atoms. The van der Waals surface area contributed by atoms with E-state index in [1.54, 1.807) is 0 Å². The standard InChI is InChI=1S/C16H17NO2S/c1-19-16(18)15(11-12-7-3-2-4-8-12)20-14-10-6-5-9-13(14)17/h2-10,15H,11,17H2,1H3. The number of hydrogen-bond donors (Lipinski definition) is 1. The molecule has 2 N–H and O–H groups in total. The fraction of sp³-hybridized carbons (Fsp3) is 0.188. The van der Waals surface area contributed by atoms with E-state index in [-0.39, 0.29) is 11.2 Å². The first-order valence-electron chi connectivity index (χ1n) is 6.33. The van der Waals surface area contributed by atoms with E-state index in [1.165, 1.54) is 18.9 Å². The molecule has 2 aromatic rings. The Balaban J connectivity index is 2.16. The molecule has 0 aromatic heterocycles. The zero-order valence-corrected chi connectivity index (χ0v) is 12.1. The Labute approximate surface area is 123 Å². The molecule has 0 fully saturated rings. The third kappa shape index (κ3) is 3.78. The lowest BCUT2D eigenvalue weighted by atomic mass is 10.1. The number of para-hydroxylation sites is 1. The molecular formula is C16H17NO2S. The van der Waals surface area contributed by atoms with Crippen LogP contribution in [0.4, 0.5) is 5.69 Å². The Morgan fingerprint density at radius 2 is 1.80 bits per heavy atom. The maximum Gasteiger partial charge on any atom is 0.319 e. The van der Waals surface area contributed by atoms with Crippen molar-refractivity contribution in [3.8, 4) is 0 Å². The second-order valence-electron chi connectivity index (χ2n) is 4.36. The summed E-state index contributed by atoms with van der Waals surface area (Å²) in [4.78, 5) is 12.8. The quantitative estimate of drug-likeness (QED) is 0.521. The van der Waals surface area contributed by atoms with E-state index in [1.807, 2.05) is 54.6 Å². The highest BCUT2D eigenvalue weighted by Gasteiger charge is 2.21. The summed E-state index contributed by atoms with van der Waals surface area (Å²) in [6.07, 6.45) is 0.618. The second-order valence-corrected chi connectivity index (χ2v) is 5.60. The van der Waals surface area contributed by atoms with Gasteiger partial charge in [-0.05, 0) is 24.1 Å². The van der Waals surface area contributed by atoms with E-state index in [2.05, 4.69) is 0 Å². The molecule has 1 unspecified atom stereocenters. The maximum absolute atomic E-state index is 11.9. The number of carbonyl (C=O) groups is 1. The molecule has 3 nitrogen and oxygen atoms in total. The molecule has 2 aromatic carbocycles. The number of benzene rings is 2. The summed E-state index contributed by atoms with van der Waals surface area (Å²) in [5.41, 5.74) is 7.71. The number of hydrogen-bond acceptors (Lipinski definition) is 4. The van der Waals surface area contributed by atoms with Gasteiger partial charge >= 0.3 is 5.97 Å². The molecule has 0 aliphatic heterocycles. The minimum atomic E-state index is -0.299. The van der Waals surface area contributed by atoms with Gasteiger partial charge in [0.25, 0.3) is 0 Å². The average Bonchev–Trinajstić information content (AvgIpc) is 2.49. The highest BCUT2D eigenvalue weighted by molar-refractivity contribution is 8.00. The fourth-order valence-electron chi connectivity index (χ4n) is 1.87. The summed E-state index contributed by atoms with van der Waals surface area (Å²) in [6.45, 7) is 0. The SMILES string of the molecule is COC(=O)C(Cc1ccccc1)Sc1ccccc1N. The van der Waals surface area contributed by atoms with E-state index in [0.717, 1.165) is 10.5 Å². The van der Waals surface area contributed by atoms with E-state index < -0.39 is 0 Å². The van der Waals surface area contributed by atoms with E-state index in [0.29, 0.717) is 12.1 Å². The smallest absolute Gasteiger partial charge is 0.319 e. The Morgan fingerprint density at radius 1 is 1.15 bits per heavy atom. The van der Waals surface area contributed by atoms with Crippen LogP contribution in [0.3, 0.4) is 0 Å². The minimum absolute atomic E-state index is 0.234. The highest BCUT2D eigenvalue weighted by atomic mass is 32.2. The Morgan fingerprint density at radius 3 is 2.45 bits per heavy atom. The van der Waals surface area contributed by atoms with Gasteiger partial charge in [-0.2, -0.15) is 0 Å². The van der Waals surface area contributed by atoms with Crippen molar-refractivity contribution >= 4 is 23.4 Å². The maximum atomic E-state index is 11.9. The summed E-state index contributed by atoms with van der Waals surface area (Å²) in [6, 6.07) is 17.4. The molecule has 0 aliphatic rings. The minimum Gasteiger partial charge on any atom is -0.468 e. The van der Waals surface area contributed by atoms with Crippen molar-refractivity contribution in [3.05, 3.63) is 60.2 Å². The number of nitrogen functional groups attached to an aromatic ring is 1. The van der Waals surface area contributed by atoms with Gasteiger partial charge in [-0.3, -0.25) is 4.79 Å². The molecule has 0 heterocycles. The average molecular weight is 287 g/mol.